The van der Waals surface area contributed by atoms with Gasteiger partial charge in [0.15, 0.2) is 23.9 Å². The zero-order valence-electron chi connectivity index (χ0n) is 17.9. The summed E-state index contributed by atoms with van der Waals surface area (Å²) in [4.78, 5) is 19.6. The Kier molecular flexibility index (Phi) is 6.50. The van der Waals surface area contributed by atoms with Crippen LogP contribution in [0.2, 0.25) is 0 Å². The third-order valence-electron chi connectivity index (χ3n) is 5.50. The maximum Gasteiger partial charge on any atom is 0.261 e. The Hall–Kier alpha value is -3.35. The lowest BCUT2D eigenvalue weighted by molar-refractivity contribution is -0.136. The highest BCUT2D eigenvalue weighted by Gasteiger charge is 2.31. The van der Waals surface area contributed by atoms with Gasteiger partial charge in [-0.05, 0) is 49.6 Å². The molecule has 1 saturated heterocycles. The summed E-state index contributed by atoms with van der Waals surface area (Å²) in [5.41, 5.74) is 1.93. The van der Waals surface area contributed by atoms with E-state index in [1.165, 1.54) is 0 Å². The Balaban J connectivity index is 1.50. The molecule has 1 aromatic heterocycles. The number of likely N-dealkylation sites (tertiary alicyclic amines) is 1. The zero-order chi connectivity index (χ0) is 21.6. The van der Waals surface area contributed by atoms with Gasteiger partial charge in [0.1, 0.15) is 0 Å². The summed E-state index contributed by atoms with van der Waals surface area (Å²) in [5, 5.41) is 4.21. The fourth-order valence-corrected chi connectivity index (χ4v) is 3.86. The predicted molar refractivity (Wildman–Crippen MR) is 116 cm³/mol. The molecule has 0 radical (unpaired) electrons. The summed E-state index contributed by atoms with van der Waals surface area (Å²) in [5.74, 6) is 2.08. The number of amides is 1. The molecule has 1 unspecified atom stereocenters. The first-order valence-corrected chi connectivity index (χ1v) is 10.6. The molecule has 0 aliphatic carbocycles. The summed E-state index contributed by atoms with van der Waals surface area (Å²) in [6.07, 6.45) is 3.82. The highest BCUT2D eigenvalue weighted by atomic mass is 16.5. The minimum Gasteiger partial charge on any atom is -0.493 e. The molecule has 31 heavy (non-hydrogen) atoms. The quantitative estimate of drug-likeness (QED) is 0.580. The van der Waals surface area contributed by atoms with Gasteiger partial charge in [-0.2, -0.15) is 4.98 Å². The summed E-state index contributed by atoms with van der Waals surface area (Å²) in [7, 11) is 1.59. The minimum absolute atomic E-state index is 0.0701. The van der Waals surface area contributed by atoms with Crippen molar-refractivity contribution in [3.8, 4) is 23.0 Å². The maximum absolute atomic E-state index is 13.1. The Morgan fingerprint density at radius 1 is 1.13 bits per heavy atom. The molecule has 1 fully saturated rings. The fourth-order valence-electron chi connectivity index (χ4n) is 3.86. The van der Waals surface area contributed by atoms with E-state index < -0.39 is 0 Å². The van der Waals surface area contributed by atoms with Gasteiger partial charge in [0.2, 0.25) is 0 Å². The van der Waals surface area contributed by atoms with E-state index in [2.05, 4.69) is 10.1 Å². The lowest BCUT2D eigenvalue weighted by Crippen LogP contribution is -2.38. The molecular weight excluding hydrogens is 394 g/mol. The van der Waals surface area contributed by atoms with Crippen molar-refractivity contribution >= 4 is 5.91 Å². The van der Waals surface area contributed by atoms with E-state index in [1.807, 2.05) is 60.4 Å². The molecule has 2 heterocycles. The number of benzene rings is 2. The predicted octanol–water partition coefficient (Wildman–Crippen LogP) is 4.58. The molecule has 0 bridgehead atoms. The largest absolute Gasteiger partial charge is 0.493 e. The number of methoxy groups -OCH3 is 1. The Morgan fingerprint density at radius 2 is 1.97 bits per heavy atom. The summed E-state index contributed by atoms with van der Waals surface area (Å²) in [6.45, 7) is 2.56. The Morgan fingerprint density at radius 3 is 2.77 bits per heavy atom. The number of carbonyl (C=O) groups is 1. The van der Waals surface area contributed by atoms with Crippen molar-refractivity contribution in [2.75, 3.05) is 20.3 Å². The monoisotopic (exact) mass is 421 g/mol. The molecular formula is C24H27N3O4. The highest BCUT2D eigenvalue weighted by molar-refractivity contribution is 5.78. The Labute approximate surface area is 182 Å². The van der Waals surface area contributed by atoms with E-state index >= 15 is 0 Å². The van der Waals surface area contributed by atoms with Gasteiger partial charge in [0.25, 0.3) is 11.8 Å². The van der Waals surface area contributed by atoms with Crippen LogP contribution in [0.25, 0.3) is 11.5 Å². The van der Waals surface area contributed by atoms with Gasteiger partial charge in [-0.25, -0.2) is 0 Å². The van der Waals surface area contributed by atoms with E-state index in [0.29, 0.717) is 29.8 Å². The average molecular weight is 421 g/mol. The number of nitrogens with zero attached hydrogens (tertiary/aromatic N) is 3. The van der Waals surface area contributed by atoms with E-state index in [1.54, 1.807) is 7.11 Å². The second-order valence-corrected chi connectivity index (χ2v) is 7.72. The van der Waals surface area contributed by atoms with Crippen LogP contribution in [0.5, 0.6) is 11.5 Å². The van der Waals surface area contributed by atoms with Crippen molar-refractivity contribution in [1.82, 2.24) is 15.0 Å². The van der Waals surface area contributed by atoms with Crippen molar-refractivity contribution in [1.29, 1.82) is 0 Å². The molecule has 7 heteroatoms. The number of hydrogen-bond donors (Lipinski definition) is 0. The van der Waals surface area contributed by atoms with Crippen LogP contribution in [0, 0.1) is 6.92 Å². The number of carbonyl (C=O) groups excluding carboxylic acids is 1. The van der Waals surface area contributed by atoms with Crippen LogP contribution in [0.4, 0.5) is 0 Å². The lowest BCUT2D eigenvalue weighted by atomic mass is 10.1. The molecule has 1 amide bonds. The molecule has 1 atom stereocenters. The van der Waals surface area contributed by atoms with Crippen LogP contribution in [-0.4, -0.2) is 41.2 Å². The molecule has 1 aliphatic heterocycles. The first kappa shape index (κ1) is 20.9. The van der Waals surface area contributed by atoms with Crippen molar-refractivity contribution in [2.24, 2.45) is 0 Å². The number of aromatic nitrogens is 2. The van der Waals surface area contributed by atoms with Crippen LogP contribution in [0.15, 0.2) is 53.1 Å². The Bertz CT molecular complexity index is 1020. The van der Waals surface area contributed by atoms with Gasteiger partial charge in [-0.3, -0.25) is 4.79 Å². The van der Waals surface area contributed by atoms with Crippen molar-refractivity contribution in [3.63, 3.8) is 0 Å². The van der Waals surface area contributed by atoms with Crippen LogP contribution in [0.1, 0.15) is 43.1 Å². The van der Waals surface area contributed by atoms with Gasteiger partial charge in [0.05, 0.1) is 13.2 Å². The van der Waals surface area contributed by atoms with E-state index in [4.69, 9.17) is 14.0 Å². The number of ether oxygens (including phenoxy) is 2. The molecule has 0 spiro atoms. The number of aryl methyl sites for hydroxylation is 1. The molecule has 1 aliphatic rings. The maximum atomic E-state index is 13.1. The molecule has 162 valence electrons. The fraction of sp³-hybridized carbons (Fsp3) is 0.375. The number of hydrogen-bond acceptors (Lipinski definition) is 6. The normalized spacial score (nSPS) is 16.6. The van der Waals surface area contributed by atoms with Gasteiger partial charge in [0, 0.05) is 12.1 Å². The van der Waals surface area contributed by atoms with Crippen molar-refractivity contribution in [2.45, 2.75) is 38.6 Å². The molecule has 3 aromatic rings. The number of rotatable bonds is 6. The first-order chi connectivity index (χ1) is 15.2. The highest BCUT2D eigenvalue weighted by Crippen LogP contribution is 2.31. The average Bonchev–Trinajstić information content (AvgIpc) is 3.16. The smallest absolute Gasteiger partial charge is 0.261 e. The summed E-state index contributed by atoms with van der Waals surface area (Å²) >= 11 is 0. The second-order valence-electron chi connectivity index (χ2n) is 7.72. The van der Waals surface area contributed by atoms with Gasteiger partial charge in [-0.15, -0.1) is 0 Å². The molecule has 0 saturated carbocycles. The van der Waals surface area contributed by atoms with Gasteiger partial charge in [-0.1, -0.05) is 42.3 Å². The van der Waals surface area contributed by atoms with Crippen LogP contribution in [0.3, 0.4) is 0 Å². The SMILES string of the molecule is COc1cc(C)ccc1OCC(=O)N1CCCCCC1c1noc(-c2ccccc2)n1. The third kappa shape index (κ3) is 4.87. The molecule has 0 N–H and O–H groups in total. The van der Waals surface area contributed by atoms with Gasteiger partial charge >= 0.3 is 0 Å². The second kappa shape index (κ2) is 9.64. The topological polar surface area (TPSA) is 77.7 Å². The molecule has 7 nitrogen and oxygen atoms in total. The van der Waals surface area contributed by atoms with Crippen LogP contribution >= 0.6 is 0 Å². The lowest BCUT2D eigenvalue weighted by Gasteiger charge is -2.27. The molecule has 4 rings (SSSR count). The molecule has 2 aromatic carbocycles. The zero-order valence-corrected chi connectivity index (χ0v) is 17.9. The van der Waals surface area contributed by atoms with Gasteiger partial charge < -0.3 is 18.9 Å². The van der Waals surface area contributed by atoms with E-state index in [-0.39, 0.29) is 18.6 Å². The third-order valence-corrected chi connectivity index (χ3v) is 5.50. The van der Waals surface area contributed by atoms with E-state index in [9.17, 15) is 4.79 Å². The van der Waals surface area contributed by atoms with E-state index in [0.717, 1.165) is 36.8 Å². The minimum atomic E-state index is -0.222. The summed E-state index contributed by atoms with van der Waals surface area (Å²) < 4.78 is 16.7. The first-order valence-electron chi connectivity index (χ1n) is 10.6. The summed E-state index contributed by atoms with van der Waals surface area (Å²) in [6, 6.07) is 15.1. The van der Waals surface area contributed by atoms with Crippen molar-refractivity contribution in [3.05, 3.63) is 59.9 Å². The standard InChI is InChI=1S/C24H27N3O4/c1-17-12-13-20(21(15-17)29-2)30-16-22(28)27-14-8-4-7-11-19(27)23-25-24(31-26-23)18-9-5-3-6-10-18/h3,5-6,9-10,12-13,15,19H,4,7-8,11,14,16H2,1-2H3. The van der Waals surface area contributed by atoms with Crippen LogP contribution in [-0.2, 0) is 4.79 Å². The van der Waals surface area contributed by atoms with Crippen LogP contribution < -0.4 is 9.47 Å². The van der Waals surface area contributed by atoms with Crippen molar-refractivity contribution < 1.29 is 18.8 Å².